The Kier molecular flexibility index (Phi) is 7.06. The molecule has 0 atom stereocenters. The molecule has 28 heavy (non-hydrogen) atoms. The van der Waals surface area contributed by atoms with Gasteiger partial charge in [0.1, 0.15) is 5.01 Å². The summed E-state index contributed by atoms with van der Waals surface area (Å²) in [6.07, 6.45) is 0. The van der Waals surface area contributed by atoms with Crippen LogP contribution in [0.3, 0.4) is 0 Å². The number of aromatic nitrogens is 1. The van der Waals surface area contributed by atoms with Gasteiger partial charge in [-0.1, -0.05) is 12.1 Å². The highest BCUT2D eigenvalue weighted by molar-refractivity contribution is 7.99. The molecule has 0 unspecified atom stereocenters. The summed E-state index contributed by atoms with van der Waals surface area (Å²) in [5, 5.41) is 3.90. The third-order valence-corrected chi connectivity index (χ3v) is 6.43. The van der Waals surface area contributed by atoms with Crippen LogP contribution in [0.2, 0.25) is 0 Å². The SMILES string of the molecule is CCN(CC)C(=O)c1ccc(NC(=O)CSCc2nc3ccccc3s2)cc1. The molecule has 0 radical (unpaired) electrons. The molecule has 0 fully saturated rings. The number of amides is 2. The lowest BCUT2D eigenvalue weighted by Crippen LogP contribution is -2.30. The minimum absolute atomic E-state index is 0.00858. The zero-order valence-electron chi connectivity index (χ0n) is 16.0. The number of thiazole rings is 1. The number of hydrogen-bond donors (Lipinski definition) is 1. The fourth-order valence-corrected chi connectivity index (χ4v) is 4.65. The van der Waals surface area contributed by atoms with Crippen LogP contribution in [0.4, 0.5) is 5.69 Å². The van der Waals surface area contributed by atoms with Crippen LogP contribution >= 0.6 is 23.1 Å². The van der Waals surface area contributed by atoms with E-state index in [2.05, 4.69) is 16.4 Å². The molecule has 0 spiro atoms. The van der Waals surface area contributed by atoms with Crippen molar-refractivity contribution in [3.05, 3.63) is 59.1 Å². The second kappa shape index (κ2) is 9.71. The Morgan fingerprint density at radius 2 is 1.79 bits per heavy atom. The van der Waals surface area contributed by atoms with Crippen molar-refractivity contribution < 1.29 is 9.59 Å². The van der Waals surface area contributed by atoms with Gasteiger partial charge in [-0.15, -0.1) is 23.1 Å². The van der Waals surface area contributed by atoms with Gasteiger partial charge in [0.15, 0.2) is 0 Å². The average Bonchev–Trinajstić information content (AvgIpc) is 3.12. The van der Waals surface area contributed by atoms with Gasteiger partial charge >= 0.3 is 0 Å². The van der Waals surface area contributed by atoms with E-state index < -0.39 is 0 Å². The fraction of sp³-hybridized carbons (Fsp3) is 0.286. The molecule has 146 valence electrons. The molecule has 0 saturated heterocycles. The van der Waals surface area contributed by atoms with E-state index in [1.165, 1.54) is 4.70 Å². The first-order valence-electron chi connectivity index (χ1n) is 9.22. The number of nitrogens with zero attached hydrogens (tertiary/aromatic N) is 2. The van der Waals surface area contributed by atoms with Gasteiger partial charge in [0.25, 0.3) is 5.91 Å². The van der Waals surface area contributed by atoms with Crippen molar-refractivity contribution in [3.8, 4) is 0 Å². The summed E-state index contributed by atoms with van der Waals surface area (Å²) >= 11 is 3.21. The van der Waals surface area contributed by atoms with Crippen molar-refractivity contribution in [2.24, 2.45) is 0 Å². The van der Waals surface area contributed by atoms with Crippen LogP contribution in [0.1, 0.15) is 29.2 Å². The van der Waals surface area contributed by atoms with Gasteiger partial charge in [0.05, 0.1) is 16.0 Å². The van der Waals surface area contributed by atoms with Gasteiger partial charge in [-0.05, 0) is 50.2 Å². The van der Waals surface area contributed by atoms with Gasteiger partial charge in [0.2, 0.25) is 5.91 Å². The number of fused-ring (bicyclic) bond motifs is 1. The van der Waals surface area contributed by atoms with Crippen molar-refractivity contribution in [2.75, 3.05) is 24.2 Å². The third-order valence-electron chi connectivity index (χ3n) is 4.26. The first kappa shape index (κ1) is 20.4. The van der Waals surface area contributed by atoms with E-state index in [-0.39, 0.29) is 11.8 Å². The van der Waals surface area contributed by atoms with Crippen molar-refractivity contribution in [1.29, 1.82) is 0 Å². The molecule has 3 aromatic rings. The molecule has 1 heterocycles. The Hall–Kier alpha value is -2.38. The monoisotopic (exact) mass is 413 g/mol. The van der Waals surface area contributed by atoms with E-state index in [9.17, 15) is 9.59 Å². The van der Waals surface area contributed by atoms with E-state index in [1.54, 1.807) is 52.3 Å². The summed E-state index contributed by atoms with van der Waals surface area (Å²) in [6.45, 7) is 5.28. The normalized spacial score (nSPS) is 10.8. The van der Waals surface area contributed by atoms with E-state index in [0.29, 0.717) is 35.8 Å². The van der Waals surface area contributed by atoms with Crippen molar-refractivity contribution in [3.63, 3.8) is 0 Å². The zero-order chi connectivity index (χ0) is 19.9. The van der Waals surface area contributed by atoms with E-state index in [4.69, 9.17) is 0 Å². The molecule has 3 rings (SSSR count). The summed E-state index contributed by atoms with van der Waals surface area (Å²) < 4.78 is 1.17. The van der Waals surface area contributed by atoms with Gasteiger partial charge in [-0.25, -0.2) is 4.98 Å². The third kappa shape index (κ3) is 5.11. The Labute approximate surface area is 173 Å². The first-order chi connectivity index (χ1) is 13.6. The Balaban J connectivity index is 1.48. The van der Waals surface area contributed by atoms with Gasteiger partial charge in [0, 0.05) is 30.1 Å². The number of anilines is 1. The molecule has 1 N–H and O–H groups in total. The molecule has 0 saturated carbocycles. The number of nitrogens with one attached hydrogen (secondary N) is 1. The van der Waals surface area contributed by atoms with Crippen LogP contribution in [0.25, 0.3) is 10.2 Å². The molecule has 7 heteroatoms. The molecule has 1 aromatic heterocycles. The smallest absolute Gasteiger partial charge is 0.253 e. The number of hydrogen-bond acceptors (Lipinski definition) is 5. The fourth-order valence-electron chi connectivity index (χ4n) is 2.80. The maximum Gasteiger partial charge on any atom is 0.253 e. The maximum absolute atomic E-state index is 12.3. The Morgan fingerprint density at radius 3 is 2.46 bits per heavy atom. The highest BCUT2D eigenvalue weighted by Crippen LogP contribution is 2.24. The number of carbonyl (C=O) groups excluding carboxylic acids is 2. The van der Waals surface area contributed by atoms with Crippen molar-refractivity contribution in [2.45, 2.75) is 19.6 Å². The number of carbonyl (C=O) groups is 2. The lowest BCUT2D eigenvalue weighted by Gasteiger charge is -2.18. The molecule has 2 amide bonds. The topological polar surface area (TPSA) is 62.3 Å². The van der Waals surface area contributed by atoms with Crippen LogP contribution in [0, 0.1) is 0 Å². The minimum Gasteiger partial charge on any atom is -0.339 e. The van der Waals surface area contributed by atoms with Crippen LogP contribution in [-0.4, -0.2) is 40.5 Å². The quantitative estimate of drug-likeness (QED) is 0.584. The number of rotatable bonds is 8. The highest BCUT2D eigenvalue weighted by Gasteiger charge is 2.12. The predicted octanol–water partition coefficient (Wildman–Crippen LogP) is 4.65. The molecular formula is C21H23N3O2S2. The van der Waals surface area contributed by atoms with Crippen LogP contribution in [0.15, 0.2) is 48.5 Å². The minimum atomic E-state index is -0.0612. The Bertz CT molecular complexity index is 917. The average molecular weight is 414 g/mol. The first-order valence-corrected chi connectivity index (χ1v) is 11.2. The summed E-state index contributed by atoms with van der Waals surface area (Å²) in [6, 6.07) is 15.1. The molecule has 0 aliphatic rings. The zero-order valence-corrected chi connectivity index (χ0v) is 17.6. The van der Waals surface area contributed by atoms with Crippen molar-refractivity contribution >= 4 is 50.8 Å². The number of thioether (sulfide) groups is 1. The number of para-hydroxylation sites is 1. The van der Waals surface area contributed by atoms with E-state index in [0.717, 1.165) is 10.5 Å². The van der Waals surface area contributed by atoms with E-state index >= 15 is 0 Å². The summed E-state index contributed by atoms with van der Waals surface area (Å²) in [7, 11) is 0. The summed E-state index contributed by atoms with van der Waals surface area (Å²) in [5.41, 5.74) is 2.33. The lowest BCUT2D eigenvalue weighted by atomic mass is 10.2. The lowest BCUT2D eigenvalue weighted by molar-refractivity contribution is -0.113. The molecule has 0 bridgehead atoms. The van der Waals surface area contributed by atoms with Gasteiger partial charge in [-0.2, -0.15) is 0 Å². The van der Waals surface area contributed by atoms with Crippen LogP contribution in [-0.2, 0) is 10.5 Å². The van der Waals surface area contributed by atoms with Crippen LogP contribution < -0.4 is 5.32 Å². The number of benzene rings is 2. The Morgan fingerprint density at radius 1 is 1.07 bits per heavy atom. The highest BCUT2D eigenvalue weighted by atomic mass is 32.2. The van der Waals surface area contributed by atoms with Crippen molar-refractivity contribution in [1.82, 2.24) is 9.88 Å². The summed E-state index contributed by atoms with van der Waals surface area (Å²) in [4.78, 5) is 30.8. The van der Waals surface area contributed by atoms with Gasteiger partial charge < -0.3 is 10.2 Å². The molecule has 2 aromatic carbocycles. The molecular weight excluding hydrogens is 390 g/mol. The van der Waals surface area contributed by atoms with Crippen LogP contribution in [0.5, 0.6) is 0 Å². The second-order valence-corrected chi connectivity index (χ2v) is 8.27. The molecule has 5 nitrogen and oxygen atoms in total. The molecule has 0 aliphatic heterocycles. The predicted molar refractivity (Wildman–Crippen MR) is 118 cm³/mol. The second-order valence-electron chi connectivity index (χ2n) is 6.17. The molecule has 0 aliphatic carbocycles. The standard InChI is InChI=1S/C21H23N3O2S2/c1-3-24(4-2)21(26)15-9-11-16(12-10-15)22-19(25)13-27-14-20-23-17-7-5-6-8-18(17)28-20/h5-12H,3-4,13-14H2,1-2H3,(H,22,25). The largest absolute Gasteiger partial charge is 0.339 e. The van der Waals surface area contributed by atoms with Gasteiger partial charge in [-0.3, -0.25) is 9.59 Å². The van der Waals surface area contributed by atoms with E-state index in [1.807, 2.05) is 32.0 Å². The maximum atomic E-state index is 12.3. The summed E-state index contributed by atoms with van der Waals surface area (Å²) in [5.74, 6) is 1.02.